The van der Waals surface area contributed by atoms with Crippen molar-refractivity contribution < 1.29 is 29.6 Å². The summed E-state index contributed by atoms with van der Waals surface area (Å²) in [6.07, 6.45) is -4.98. The van der Waals surface area contributed by atoms with E-state index in [0.717, 1.165) is 0 Å². The van der Waals surface area contributed by atoms with Gasteiger partial charge in [-0.2, -0.15) is 0 Å². The molecule has 1 aliphatic rings. The van der Waals surface area contributed by atoms with Gasteiger partial charge >= 0.3 is 0 Å². The van der Waals surface area contributed by atoms with Gasteiger partial charge in [-0.15, -0.1) is 0 Å². The maximum Gasteiger partial charge on any atom is 0.223 e. The van der Waals surface area contributed by atoms with Gasteiger partial charge in [0, 0.05) is 6.92 Å². The molecule has 0 aliphatic carbocycles. The minimum atomic E-state index is -1.39. The molecule has 6 N–H and O–H groups in total. The molecule has 0 radical (unpaired) electrons. The maximum atomic E-state index is 11.4. The van der Waals surface area contributed by atoms with Gasteiger partial charge in [0.2, 0.25) is 12.2 Å². The normalized spacial score (nSPS) is 29.8. The zero-order chi connectivity index (χ0) is 17.9. The van der Waals surface area contributed by atoms with Gasteiger partial charge in [0.15, 0.2) is 0 Å². The van der Waals surface area contributed by atoms with Crippen LogP contribution in [-0.2, 0) is 9.53 Å². The number of hydrogen-bond acceptors (Lipinski definition) is 7. The van der Waals surface area contributed by atoms with Gasteiger partial charge in [-0.1, -0.05) is 24.4 Å². The Morgan fingerprint density at radius 1 is 1.38 bits per heavy atom. The van der Waals surface area contributed by atoms with Crippen molar-refractivity contribution in [2.75, 3.05) is 6.61 Å². The Balaban J connectivity index is 2.30. The number of nitrogens with two attached hydrogens (primary N) is 1. The fraction of sp³-hybridized carbons (Fsp3) is 0.467. The number of nitrogens with one attached hydrogen (secondary N) is 1. The van der Waals surface area contributed by atoms with Crippen LogP contribution in [0.5, 0.6) is 5.75 Å². The predicted molar refractivity (Wildman–Crippen MR) is 88.3 cm³/mol. The molecule has 1 aromatic rings. The number of thiocarbonyl (C=S) groups is 1. The van der Waals surface area contributed by atoms with Crippen LogP contribution >= 0.6 is 12.2 Å². The number of hydrogen-bond donors (Lipinski definition) is 5. The first kappa shape index (κ1) is 18.6. The minimum absolute atomic E-state index is 0.108. The smallest absolute Gasteiger partial charge is 0.223 e. The Labute approximate surface area is 144 Å². The number of benzene rings is 1. The molecule has 2 rings (SSSR count). The van der Waals surface area contributed by atoms with Gasteiger partial charge in [-0.25, -0.2) is 0 Å². The van der Waals surface area contributed by atoms with Crippen molar-refractivity contribution in [1.29, 1.82) is 0 Å². The number of para-hydroxylation sites is 1. The lowest BCUT2D eigenvalue weighted by molar-refractivity contribution is -0.244. The predicted octanol–water partition coefficient (Wildman–Crippen LogP) is -1.36. The van der Waals surface area contributed by atoms with E-state index in [-0.39, 0.29) is 4.99 Å². The lowest BCUT2D eigenvalue weighted by Crippen LogP contribution is -2.65. The number of rotatable bonds is 5. The molecule has 8 nitrogen and oxygen atoms in total. The topological polar surface area (TPSA) is 134 Å². The van der Waals surface area contributed by atoms with E-state index < -0.39 is 43.2 Å². The summed E-state index contributed by atoms with van der Waals surface area (Å²) in [7, 11) is 0. The Morgan fingerprint density at radius 2 is 2.04 bits per heavy atom. The van der Waals surface area contributed by atoms with E-state index in [1.807, 2.05) is 0 Å². The highest BCUT2D eigenvalue weighted by atomic mass is 32.1. The van der Waals surface area contributed by atoms with Gasteiger partial charge in [-0.05, 0) is 12.1 Å². The summed E-state index contributed by atoms with van der Waals surface area (Å²) in [5.74, 6) is -0.140. The summed E-state index contributed by atoms with van der Waals surface area (Å²) >= 11 is 4.96. The second kappa shape index (κ2) is 7.86. The standard InChI is InChI=1S/C15H20N2O6S/c1-7(19)17-11-13(21)12(20)10(6-18)23-15(11)22-9-5-3-2-4-8(9)14(16)24/h2-5,10-13,15,18,20-21H,6H2,1H3,(H2,16,24)(H,17,19)/t10-,11-,12+,13-,15-/m1/s1. The quantitative estimate of drug-likeness (QED) is 0.409. The van der Waals surface area contributed by atoms with E-state index in [1.165, 1.54) is 6.92 Å². The molecule has 24 heavy (non-hydrogen) atoms. The maximum absolute atomic E-state index is 11.4. The van der Waals surface area contributed by atoms with Gasteiger partial charge in [0.25, 0.3) is 0 Å². The molecule has 5 atom stereocenters. The highest BCUT2D eigenvalue weighted by Gasteiger charge is 2.46. The molecule has 0 bridgehead atoms. The monoisotopic (exact) mass is 356 g/mol. The Hall–Kier alpha value is -1.78. The van der Waals surface area contributed by atoms with Gasteiger partial charge in [0.05, 0.1) is 12.2 Å². The third-order valence-electron chi connectivity index (χ3n) is 3.65. The van der Waals surface area contributed by atoms with Crippen molar-refractivity contribution in [2.45, 2.75) is 37.6 Å². The molecule has 0 aromatic heterocycles. The first-order valence-corrected chi connectivity index (χ1v) is 7.71. The molecule has 1 amide bonds. The molecule has 1 heterocycles. The van der Waals surface area contributed by atoms with E-state index >= 15 is 0 Å². The van der Waals surface area contributed by atoms with Crippen molar-refractivity contribution in [1.82, 2.24) is 5.32 Å². The average Bonchev–Trinajstić information content (AvgIpc) is 2.54. The second-order valence-corrected chi connectivity index (χ2v) is 5.85. The second-order valence-electron chi connectivity index (χ2n) is 5.41. The van der Waals surface area contributed by atoms with Gasteiger partial charge in [0.1, 0.15) is 35.1 Å². The zero-order valence-corrected chi connectivity index (χ0v) is 13.8. The van der Waals surface area contributed by atoms with Crippen LogP contribution in [0.1, 0.15) is 12.5 Å². The lowest BCUT2D eigenvalue weighted by Gasteiger charge is -2.42. The minimum Gasteiger partial charge on any atom is -0.462 e. The van der Waals surface area contributed by atoms with Crippen LogP contribution in [0.2, 0.25) is 0 Å². The average molecular weight is 356 g/mol. The molecule has 0 saturated carbocycles. The number of aliphatic hydroxyl groups is 3. The molecule has 0 spiro atoms. The van der Waals surface area contributed by atoms with E-state index in [1.54, 1.807) is 24.3 Å². The molecule has 9 heteroatoms. The summed E-state index contributed by atoms with van der Waals surface area (Å²) in [6, 6.07) is 5.64. The van der Waals surface area contributed by atoms with E-state index in [9.17, 15) is 20.1 Å². The van der Waals surface area contributed by atoms with Gasteiger partial charge < -0.3 is 35.8 Å². The Bertz CT molecular complexity index is 613. The number of carbonyl (C=O) groups is 1. The van der Waals surface area contributed by atoms with Crippen molar-refractivity contribution in [2.24, 2.45) is 5.73 Å². The number of carbonyl (C=O) groups excluding carboxylic acids is 1. The SMILES string of the molecule is CC(=O)N[C@H]1[C@H](Oc2ccccc2C(N)=S)O[C@H](CO)[C@H](O)[C@@H]1O. The van der Waals surface area contributed by atoms with Crippen LogP contribution in [0.25, 0.3) is 0 Å². The molecule has 1 saturated heterocycles. The largest absolute Gasteiger partial charge is 0.462 e. The van der Waals surface area contributed by atoms with E-state index in [0.29, 0.717) is 11.3 Å². The fourth-order valence-electron chi connectivity index (χ4n) is 2.47. The van der Waals surface area contributed by atoms with Crippen molar-refractivity contribution in [3.8, 4) is 5.75 Å². The summed E-state index contributed by atoms with van der Waals surface area (Å²) in [4.78, 5) is 11.5. The van der Waals surface area contributed by atoms with Crippen LogP contribution in [0.3, 0.4) is 0 Å². The Kier molecular flexibility index (Phi) is 6.08. The summed E-state index contributed by atoms with van der Waals surface area (Å²) < 4.78 is 11.2. The zero-order valence-electron chi connectivity index (χ0n) is 13.0. The summed E-state index contributed by atoms with van der Waals surface area (Å²) in [5, 5.41) is 32.0. The molecule has 132 valence electrons. The fourth-order valence-corrected chi connectivity index (χ4v) is 2.64. The molecule has 1 fully saturated rings. The van der Waals surface area contributed by atoms with Crippen LogP contribution < -0.4 is 15.8 Å². The van der Waals surface area contributed by atoms with Crippen LogP contribution in [0.15, 0.2) is 24.3 Å². The van der Waals surface area contributed by atoms with Crippen LogP contribution in [0, 0.1) is 0 Å². The lowest BCUT2D eigenvalue weighted by atomic mass is 9.97. The van der Waals surface area contributed by atoms with Crippen LogP contribution in [-0.4, -0.2) is 63.5 Å². The molecule has 1 aliphatic heterocycles. The van der Waals surface area contributed by atoms with Crippen LogP contribution in [0.4, 0.5) is 0 Å². The number of aliphatic hydroxyl groups excluding tert-OH is 3. The van der Waals surface area contributed by atoms with E-state index in [4.69, 9.17) is 27.4 Å². The summed E-state index contributed by atoms with van der Waals surface area (Å²) in [6.45, 7) is 0.735. The highest BCUT2D eigenvalue weighted by Crippen LogP contribution is 2.26. The molecular formula is C15H20N2O6S. The Morgan fingerprint density at radius 3 is 2.62 bits per heavy atom. The molecule has 1 aromatic carbocycles. The van der Waals surface area contributed by atoms with E-state index in [2.05, 4.69) is 5.32 Å². The third kappa shape index (κ3) is 4.00. The first-order valence-electron chi connectivity index (χ1n) is 7.30. The van der Waals surface area contributed by atoms with Crippen molar-refractivity contribution in [3.63, 3.8) is 0 Å². The third-order valence-corrected chi connectivity index (χ3v) is 3.87. The molecular weight excluding hydrogens is 336 g/mol. The molecule has 0 unspecified atom stereocenters. The van der Waals surface area contributed by atoms with Crippen molar-refractivity contribution >= 4 is 23.1 Å². The summed E-state index contributed by atoms with van der Waals surface area (Å²) in [5.41, 5.74) is 6.11. The number of ether oxygens (including phenoxy) is 2. The highest BCUT2D eigenvalue weighted by molar-refractivity contribution is 7.80. The number of amides is 1. The van der Waals surface area contributed by atoms with Gasteiger partial charge in [-0.3, -0.25) is 4.79 Å². The first-order chi connectivity index (χ1) is 11.3. The van der Waals surface area contributed by atoms with Crippen molar-refractivity contribution in [3.05, 3.63) is 29.8 Å².